The van der Waals surface area contributed by atoms with Crippen molar-refractivity contribution < 1.29 is 19.2 Å². The van der Waals surface area contributed by atoms with Gasteiger partial charge in [-0.15, -0.1) is 0 Å². The van der Waals surface area contributed by atoms with Crippen LogP contribution in [0.3, 0.4) is 0 Å². The average molecular weight is 265 g/mol. The molecule has 0 aliphatic carbocycles. The number of hydrogen-bond acceptors (Lipinski definition) is 5. The Morgan fingerprint density at radius 2 is 2.00 bits per heavy atom. The minimum Gasteiger partial charge on any atom is -0.468 e. The number of hydrogen-bond donors (Lipinski definition) is 0. The fourth-order valence-electron chi connectivity index (χ4n) is 1.83. The number of carbonyl (C=O) groups excluding carboxylic acids is 2. The minimum absolute atomic E-state index is 0.00494. The molecular weight excluding hydrogens is 250 g/mol. The highest BCUT2D eigenvalue weighted by Gasteiger charge is 2.25. The average Bonchev–Trinajstić information content (AvgIpc) is 2.38. The molecule has 0 fully saturated rings. The van der Waals surface area contributed by atoms with E-state index in [9.17, 15) is 19.7 Å². The van der Waals surface area contributed by atoms with Crippen molar-refractivity contribution in [1.29, 1.82) is 0 Å². The van der Waals surface area contributed by atoms with Gasteiger partial charge in [0.15, 0.2) is 0 Å². The summed E-state index contributed by atoms with van der Waals surface area (Å²) in [7, 11) is 1.21. The maximum Gasteiger partial charge on any atom is 0.316 e. The van der Waals surface area contributed by atoms with Crippen molar-refractivity contribution in [2.24, 2.45) is 5.92 Å². The smallest absolute Gasteiger partial charge is 0.316 e. The molecule has 0 aliphatic heterocycles. The normalized spacial score (nSPS) is 11.7. The highest BCUT2D eigenvalue weighted by atomic mass is 16.6. The number of nitro benzene ring substituents is 1. The molecule has 0 N–H and O–H groups in total. The molecule has 1 atom stereocenters. The number of Topliss-reactive ketones (excluding diaryl/α,β-unsaturated/α-hetero) is 1. The van der Waals surface area contributed by atoms with Crippen molar-refractivity contribution >= 4 is 17.4 Å². The zero-order chi connectivity index (χ0) is 14.4. The third-order valence-electron chi connectivity index (χ3n) is 2.87. The van der Waals surface area contributed by atoms with Crippen LogP contribution in [-0.2, 0) is 20.7 Å². The van der Waals surface area contributed by atoms with Gasteiger partial charge in [-0.05, 0) is 19.8 Å². The molecule has 6 heteroatoms. The maximum absolute atomic E-state index is 11.4. The number of methoxy groups -OCH3 is 1. The van der Waals surface area contributed by atoms with Crippen LogP contribution < -0.4 is 0 Å². The lowest BCUT2D eigenvalue weighted by Crippen LogP contribution is -2.24. The van der Waals surface area contributed by atoms with Crippen LogP contribution in [0.5, 0.6) is 0 Å². The first-order valence-corrected chi connectivity index (χ1v) is 5.78. The number of rotatable bonds is 6. The summed E-state index contributed by atoms with van der Waals surface area (Å²) < 4.78 is 4.55. The molecule has 102 valence electrons. The summed E-state index contributed by atoms with van der Waals surface area (Å²) in [4.78, 5) is 33.1. The molecule has 0 saturated carbocycles. The zero-order valence-electron chi connectivity index (χ0n) is 10.8. The summed E-state index contributed by atoms with van der Waals surface area (Å²) in [5.41, 5.74) is 0.498. The number of ether oxygens (including phenoxy) is 1. The molecule has 0 heterocycles. The first-order chi connectivity index (χ1) is 8.97. The van der Waals surface area contributed by atoms with E-state index in [0.717, 1.165) is 0 Å². The molecule has 1 aromatic rings. The van der Waals surface area contributed by atoms with Gasteiger partial charge in [-0.3, -0.25) is 19.7 Å². The van der Waals surface area contributed by atoms with E-state index in [1.54, 1.807) is 18.2 Å². The lowest BCUT2D eigenvalue weighted by atomic mass is 9.95. The zero-order valence-corrected chi connectivity index (χ0v) is 10.8. The Morgan fingerprint density at radius 3 is 2.53 bits per heavy atom. The summed E-state index contributed by atoms with van der Waals surface area (Å²) in [5.74, 6) is -1.78. The van der Waals surface area contributed by atoms with E-state index in [2.05, 4.69) is 4.74 Å². The highest BCUT2D eigenvalue weighted by Crippen LogP contribution is 2.21. The van der Waals surface area contributed by atoms with Gasteiger partial charge in [-0.25, -0.2) is 0 Å². The molecule has 19 heavy (non-hydrogen) atoms. The number of nitrogens with zero attached hydrogens (tertiary/aromatic N) is 1. The van der Waals surface area contributed by atoms with Crippen molar-refractivity contribution in [3.05, 3.63) is 39.9 Å². The predicted molar refractivity (Wildman–Crippen MR) is 67.6 cm³/mol. The molecule has 6 nitrogen and oxygen atoms in total. The van der Waals surface area contributed by atoms with Crippen LogP contribution >= 0.6 is 0 Å². The molecule has 0 aliphatic rings. The second-order valence-electron chi connectivity index (χ2n) is 4.11. The standard InChI is InChI=1S/C13H15NO5/c1-9(15)11(13(16)19-2)8-7-10-5-3-4-6-12(10)14(17)18/h3-6,11H,7-8H2,1-2H3/t11-/m1/s1. The van der Waals surface area contributed by atoms with Crippen LogP contribution in [0.15, 0.2) is 24.3 Å². The largest absolute Gasteiger partial charge is 0.468 e. The molecule has 0 bridgehead atoms. The molecular formula is C13H15NO5. The molecule has 0 amide bonds. The van der Waals surface area contributed by atoms with E-state index in [4.69, 9.17) is 0 Å². The molecule has 0 saturated heterocycles. The third-order valence-corrected chi connectivity index (χ3v) is 2.87. The van der Waals surface area contributed by atoms with E-state index in [1.807, 2.05) is 0 Å². The topological polar surface area (TPSA) is 86.5 Å². The van der Waals surface area contributed by atoms with Gasteiger partial charge in [0, 0.05) is 11.6 Å². The second kappa shape index (κ2) is 6.63. The van der Waals surface area contributed by atoms with Crippen molar-refractivity contribution in [2.45, 2.75) is 19.8 Å². The highest BCUT2D eigenvalue weighted by molar-refractivity contribution is 5.97. The van der Waals surface area contributed by atoms with Crippen molar-refractivity contribution in [1.82, 2.24) is 0 Å². The van der Waals surface area contributed by atoms with Gasteiger partial charge >= 0.3 is 5.97 Å². The quantitative estimate of drug-likeness (QED) is 0.339. The Hall–Kier alpha value is -2.24. The Balaban J connectivity index is 2.83. The summed E-state index contributed by atoms with van der Waals surface area (Å²) in [6.45, 7) is 1.31. The molecule has 0 radical (unpaired) electrons. The van der Waals surface area contributed by atoms with E-state index in [-0.39, 0.29) is 24.3 Å². The number of esters is 1. The molecule has 0 spiro atoms. The lowest BCUT2D eigenvalue weighted by molar-refractivity contribution is -0.385. The first-order valence-electron chi connectivity index (χ1n) is 5.78. The predicted octanol–water partition coefficient (Wildman–Crippen LogP) is 1.91. The van der Waals surface area contributed by atoms with Crippen molar-refractivity contribution in [3.8, 4) is 0 Å². The number of para-hydroxylation sites is 1. The van der Waals surface area contributed by atoms with Crippen LogP contribution in [0.25, 0.3) is 0 Å². The first kappa shape index (κ1) is 14.8. The Kier molecular flexibility index (Phi) is 5.17. The van der Waals surface area contributed by atoms with E-state index < -0.39 is 16.8 Å². The fourth-order valence-corrected chi connectivity index (χ4v) is 1.83. The van der Waals surface area contributed by atoms with Crippen LogP contribution in [-0.4, -0.2) is 23.8 Å². The number of aryl methyl sites for hydroxylation is 1. The summed E-state index contributed by atoms with van der Waals surface area (Å²) in [5, 5.41) is 10.8. The Labute approximate surface area is 110 Å². The van der Waals surface area contributed by atoms with Crippen molar-refractivity contribution in [3.63, 3.8) is 0 Å². The molecule has 1 rings (SSSR count). The number of benzene rings is 1. The van der Waals surface area contributed by atoms with Gasteiger partial charge in [0.25, 0.3) is 5.69 Å². The Morgan fingerprint density at radius 1 is 1.37 bits per heavy atom. The van der Waals surface area contributed by atoms with Gasteiger partial charge in [0.1, 0.15) is 11.7 Å². The minimum atomic E-state index is -0.871. The SMILES string of the molecule is COC(=O)[C@H](CCc1ccccc1[N+](=O)[O-])C(C)=O. The van der Waals surface area contributed by atoms with Gasteiger partial charge < -0.3 is 4.74 Å². The maximum atomic E-state index is 11.4. The van der Waals surface area contributed by atoms with Crippen molar-refractivity contribution in [2.75, 3.05) is 7.11 Å². The van der Waals surface area contributed by atoms with E-state index >= 15 is 0 Å². The fraction of sp³-hybridized carbons (Fsp3) is 0.385. The van der Waals surface area contributed by atoms with Crippen LogP contribution in [0, 0.1) is 16.0 Å². The Bertz CT molecular complexity index is 498. The number of nitro groups is 1. The van der Waals surface area contributed by atoms with Gasteiger partial charge in [0.05, 0.1) is 12.0 Å². The summed E-state index contributed by atoms with van der Waals surface area (Å²) >= 11 is 0. The van der Waals surface area contributed by atoms with E-state index in [0.29, 0.717) is 5.56 Å². The van der Waals surface area contributed by atoms with Gasteiger partial charge in [0.2, 0.25) is 0 Å². The van der Waals surface area contributed by atoms with Gasteiger partial charge in [-0.1, -0.05) is 18.2 Å². The molecule has 0 aromatic heterocycles. The molecule has 0 unspecified atom stereocenters. The van der Waals surface area contributed by atoms with Gasteiger partial charge in [-0.2, -0.15) is 0 Å². The summed E-state index contributed by atoms with van der Waals surface area (Å²) in [6.07, 6.45) is 0.476. The third kappa shape index (κ3) is 3.87. The number of ketones is 1. The van der Waals surface area contributed by atoms with Crippen LogP contribution in [0.2, 0.25) is 0 Å². The summed E-state index contributed by atoms with van der Waals surface area (Å²) in [6, 6.07) is 6.27. The lowest BCUT2D eigenvalue weighted by Gasteiger charge is -2.11. The molecule has 1 aromatic carbocycles. The monoisotopic (exact) mass is 265 g/mol. The van der Waals surface area contributed by atoms with E-state index in [1.165, 1.54) is 20.1 Å². The second-order valence-corrected chi connectivity index (χ2v) is 4.11. The van der Waals surface area contributed by atoms with Crippen LogP contribution in [0.1, 0.15) is 18.9 Å². The number of carbonyl (C=O) groups is 2. The van der Waals surface area contributed by atoms with Crippen LogP contribution in [0.4, 0.5) is 5.69 Å².